The summed E-state index contributed by atoms with van der Waals surface area (Å²) < 4.78 is 0. The van der Waals surface area contributed by atoms with Crippen LogP contribution in [0.15, 0.2) is 42.9 Å². The number of likely N-dealkylation sites (tertiary alicyclic amines) is 1. The van der Waals surface area contributed by atoms with E-state index in [1.807, 2.05) is 36.1 Å². The predicted molar refractivity (Wildman–Crippen MR) is 99.6 cm³/mol. The van der Waals surface area contributed by atoms with Gasteiger partial charge in [0.2, 0.25) is 0 Å². The van der Waals surface area contributed by atoms with E-state index in [0.29, 0.717) is 0 Å². The van der Waals surface area contributed by atoms with Gasteiger partial charge in [-0.25, -0.2) is 4.79 Å². The molecule has 0 bridgehead atoms. The highest BCUT2D eigenvalue weighted by molar-refractivity contribution is 5.89. The summed E-state index contributed by atoms with van der Waals surface area (Å²) in [5.74, 6) is 0. The molecule has 0 saturated carbocycles. The molecule has 132 valence electrons. The van der Waals surface area contributed by atoms with Crippen LogP contribution in [0.2, 0.25) is 0 Å². The van der Waals surface area contributed by atoms with Gasteiger partial charge >= 0.3 is 6.03 Å². The zero-order valence-corrected chi connectivity index (χ0v) is 14.6. The first-order valence-electron chi connectivity index (χ1n) is 8.91. The van der Waals surface area contributed by atoms with E-state index in [9.17, 15) is 4.79 Å². The van der Waals surface area contributed by atoms with Gasteiger partial charge in [0.15, 0.2) is 0 Å². The van der Waals surface area contributed by atoms with Crippen molar-refractivity contribution in [1.82, 2.24) is 14.9 Å². The lowest BCUT2D eigenvalue weighted by molar-refractivity contribution is 0.214. The standard InChI is InChI=1S/C19H25N5O/c1-15(18-14-20-10-11-21-18)22-16-6-8-17(9-7-16)23-19(25)24-12-4-2-3-5-13-24/h6-11,14-15,22H,2-5,12-13H2,1H3,(H,23,25)/t15-/m1/s1. The van der Waals surface area contributed by atoms with E-state index in [1.54, 1.807) is 18.6 Å². The third-order valence-corrected chi connectivity index (χ3v) is 4.44. The summed E-state index contributed by atoms with van der Waals surface area (Å²) in [7, 11) is 0. The van der Waals surface area contributed by atoms with Crippen molar-refractivity contribution in [3.63, 3.8) is 0 Å². The molecule has 1 aromatic heterocycles. The van der Waals surface area contributed by atoms with Crippen LogP contribution >= 0.6 is 0 Å². The Hall–Kier alpha value is -2.63. The van der Waals surface area contributed by atoms with E-state index in [0.717, 1.165) is 43.0 Å². The number of benzene rings is 1. The molecule has 1 saturated heterocycles. The average Bonchev–Trinajstić information content (AvgIpc) is 2.93. The Balaban J connectivity index is 1.55. The number of nitrogens with zero attached hydrogens (tertiary/aromatic N) is 3. The first-order chi connectivity index (χ1) is 12.2. The number of rotatable bonds is 4. The average molecular weight is 339 g/mol. The van der Waals surface area contributed by atoms with E-state index in [-0.39, 0.29) is 12.1 Å². The summed E-state index contributed by atoms with van der Waals surface area (Å²) in [5, 5.41) is 6.37. The van der Waals surface area contributed by atoms with Gasteiger partial charge in [-0.2, -0.15) is 0 Å². The van der Waals surface area contributed by atoms with E-state index < -0.39 is 0 Å². The molecule has 2 aromatic rings. The van der Waals surface area contributed by atoms with E-state index in [1.165, 1.54) is 12.8 Å². The predicted octanol–water partition coefficient (Wildman–Crippen LogP) is 4.06. The van der Waals surface area contributed by atoms with Crippen LogP contribution < -0.4 is 10.6 Å². The Morgan fingerprint density at radius 1 is 1.04 bits per heavy atom. The van der Waals surface area contributed by atoms with Crippen LogP contribution in [0.1, 0.15) is 44.3 Å². The Morgan fingerprint density at radius 3 is 2.36 bits per heavy atom. The fraction of sp³-hybridized carbons (Fsp3) is 0.421. The van der Waals surface area contributed by atoms with Gasteiger partial charge in [-0.15, -0.1) is 0 Å². The SMILES string of the molecule is C[C@@H](Nc1ccc(NC(=O)N2CCCCCC2)cc1)c1cnccn1. The Labute approximate surface area is 148 Å². The fourth-order valence-electron chi connectivity index (χ4n) is 2.98. The second-order valence-corrected chi connectivity index (χ2v) is 6.41. The van der Waals surface area contributed by atoms with Gasteiger partial charge in [-0.1, -0.05) is 12.8 Å². The largest absolute Gasteiger partial charge is 0.377 e. The van der Waals surface area contributed by atoms with Crippen molar-refractivity contribution < 1.29 is 4.79 Å². The van der Waals surface area contributed by atoms with E-state index in [4.69, 9.17) is 0 Å². The molecular formula is C19H25N5O. The summed E-state index contributed by atoms with van der Waals surface area (Å²) in [6, 6.07) is 7.82. The van der Waals surface area contributed by atoms with Crippen molar-refractivity contribution >= 4 is 17.4 Å². The summed E-state index contributed by atoms with van der Waals surface area (Å²) in [4.78, 5) is 22.7. The molecule has 25 heavy (non-hydrogen) atoms. The monoisotopic (exact) mass is 339 g/mol. The summed E-state index contributed by atoms with van der Waals surface area (Å²) >= 11 is 0. The number of nitrogens with one attached hydrogen (secondary N) is 2. The van der Waals surface area contributed by atoms with Crippen molar-refractivity contribution in [3.8, 4) is 0 Å². The maximum atomic E-state index is 12.4. The molecule has 0 unspecified atom stereocenters. The smallest absolute Gasteiger partial charge is 0.321 e. The Bertz CT molecular complexity index is 666. The lowest BCUT2D eigenvalue weighted by Gasteiger charge is -2.21. The minimum absolute atomic E-state index is 0.00413. The second-order valence-electron chi connectivity index (χ2n) is 6.41. The summed E-state index contributed by atoms with van der Waals surface area (Å²) in [6.07, 6.45) is 9.73. The number of carbonyl (C=O) groups is 1. The van der Waals surface area contributed by atoms with Crippen molar-refractivity contribution in [3.05, 3.63) is 48.5 Å². The number of anilines is 2. The molecule has 0 radical (unpaired) electrons. The normalized spacial score (nSPS) is 16.0. The lowest BCUT2D eigenvalue weighted by atomic mass is 10.2. The quantitative estimate of drug-likeness (QED) is 0.881. The molecule has 1 fully saturated rings. The van der Waals surface area contributed by atoms with Crippen molar-refractivity contribution in [2.75, 3.05) is 23.7 Å². The molecule has 1 aromatic carbocycles. The highest BCUT2D eigenvalue weighted by Gasteiger charge is 2.15. The molecule has 2 N–H and O–H groups in total. The number of urea groups is 1. The van der Waals surface area contributed by atoms with Crippen molar-refractivity contribution in [1.29, 1.82) is 0 Å². The van der Waals surface area contributed by atoms with Crippen LogP contribution in [-0.2, 0) is 0 Å². The first-order valence-corrected chi connectivity index (χ1v) is 8.91. The molecule has 2 amide bonds. The van der Waals surface area contributed by atoms with Crippen LogP contribution in [0.25, 0.3) is 0 Å². The molecule has 3 rings (SSSR count). The molecule has 1 aliphatic rings. The van der Waals surface area contributed by atoms with Gasteiger partial charge in [0.1, 0.15) is 0 Å². The minimum Gasteiger partial charge on any atom is -0.377 e. The van der Waals surface area contributed by atoms with Crippen LogP contribution in [0, 0.1) is 0 Å². The summed E-state index contributed by atoms with van der Waals surface area (Å²) in [5.41, 5.74) is 2.68. The molecule has 6 heteroatoms. The topological polar surface area (TPSA) is 70.2 Å². The van der Waals surface area contributed by atoms with Gasteiger partial charge in [0.05, 0.1) is 17.9 Å². The zero-order valence-electron chi connectivity index (χ0n) is 14.6. The molecule has 1 atom stereocenters. The fourth-order valence-corrected chi connectivity index (χ4v) is 2.98. The maximum Gasteiger partial charge on any atom is 0.321 e. The number of hydrogen-bond acceptors (Lipinski definition) is 4. The van der Waals surface area contributed by atoms with E-state index in [2.05, 4.69) is 20.6 Å². The molecule has 1 aliphatic heterocycles. The minimum atomic E-state index is -0.00413. The third-order valence-electron chi connectivity index (χ3n) is 4.44. The van der Waals surface area contributed by atoms with Crippen LogP contribution in [0.3, 0.4) is 0 Å². The highest BCUT2D eigenvalue weighted by Crippen LogP contribution is 2.20. The van der Waals surface area contributed by atoms with Gasteiger partial charge < -0.3 is 15.5 Å². The van der Waals surface area contributed by atoms with Crippen LogP contribution in [-0.4, -0.2) is 34.0 Å². The van der Waals surface area contributed by atoms with Gasteiger partial charge in [-0.05, 0) is 44.0 Å². The lowest BCUT2D eigenvalue weighted by Crippen LogP contribution is -2.35. The van der Waals surface area contributed by atoms with Gasteiger partial charge in [-0.3, -0.25) is 9.97 Å². The molecule has 0 aliphatic carbocycles. The number of aromatic nitrogens is 2. The van der Waals surface area contributed by atoms with Crippen LogP contribution in [0.5, 0.6) is 0 Å². The highest BCUT2D eigenvalue weighted by atomic mass is 16.2. The summed E-state index contributed by atoms with van der Waals surface area (Å²) in [6.45, 7) is 3.74. The molecule has 0 spiro atoms. The number of amides is 2. The molecule has 6 nitrogen and oxygen atoms in total. The molecular weight excluding hydrogens is 314 g/mol. The number of hydrogen-bond donors (Lipinski definition) is 2. The third kappa shape index (κ3) is 4.92. The molecule has 2 heterocycles. The Morgan fingerprint density at radius 2 is 1.72 bits per heavy atom. The Kier molecular flexibility index (Phi) is 5.82. The zero-order chi connectivity index (χ0) is 17.5. The number of carbonyl (C=O) groups excluding carboxylic acids is 1. The van der Waals surface area contributed by atoms with E-state index >= 15 is 0 Å². The first kappa shape index (κ1) is 17.2. The second kappa shape index (κ2) is 8.46. The van der Waals surface area contributed by atoms with Gasteiger partial charge in [0.25, 0.3) is 0 Å². The van der Waals surface area contributed by atoms with Crippen LogP contribution in [0.4, 0.5) is 16.2 Å². The maximum absolute atomic E-state index is 12.4. The van der Waals surface area contributed by atoms with Crippen molar-refractivity contribution in [2.45, 2.75) is 38.6 Å². The van der Waals surface area contributed by atoms with Crippen molar-refractivity contribution in [2.24, 2.45) is 0 Å². The van der Waals surface area contributed by atoms with Gasteiger partial charge in [0, 0.05) is 36.9 Å².